The van der Waals surface area contributed by atoms with E-state index in [0.29, 0.717) is 22.1 Å². The van der Waals surface area contributed by atoms with Crippen LogP contribution in [0.1, 0.15) is 55.7 Å². The van der Waals surface area contributed by atoms with Crippen LogP contribution in [0.25, 0.3) is 0 Å². The molecule has 2 aromatic carbocycles. The van der Waals surface area contributed by atoms with Gasteiger partial charge in [-0.25, -0.2) is 0 Å². The fourth-order valence-corrected chi connectivity index (χ4v) is 4.74. The summed E-state index contributed by atoms with van der Waals surface area (Å²) in [4.78, 5) is 28.2. The highest BCUT2D eigenvalue weighted by Gasteiger charge is 2.33. The van der Waals surface area contributed by atoms with Crippen molar-refractivity contribution in [3.8, 4) is 11.5 Å². The molecule has 4 rings (SSSR count). The van der Waals surface area contributed by atoms with Crippen LogP contribution in [0.2, 0.25) is 5.02 Å². The molecule has 8 heteroatoms. The van der Waals surface area contributed by atoms with Gasteiger partial charge in [0.05, 0.1) is 0 Å². The van der Waals surface area contributed by atoms with E-state index in [9.17, 15) is 9.59 Å². The minimum Gasteiger partial charge on any atom is -0.454 e. The second-order valence-corrected chi connectivity index (χ2v) is 9.20. The molecule has 176 valence electrons. The number of nitrogens with one attached hydrogen (secondary N) is 1. The monoisotopic (exact) mass is 490 g/mol. The van der Waals surface area contributed by atoms with Crippen molar-refractivity contribution >= 4 is 35.0 Å². The van der Waals surface area contributed by atoms with Gasteiger partial charge in [0, 0.05) is 17.6 Å². The summed E-state index contributed by atoms with van der Waals surface area (Å²) in [6.07, 6.45) is 6.47. The third-order valence-electron chi connectivity index (χ3n) is 6.17. The molecule has 2 aliphatic rings. The Labute approximate surface area is 204 Å². The molecule has 0 radical (unpaired) electrons. The maximum absolute atomic E-state index is 13.6. The van der Waals surface area contributed by atoms with E-state index >= 15 is 0 Å². The summed E-state index contributed by atoms with van der Waals surface area (Å²) in [6, 6.07) is 11.8. The Morgan fingerprint density at radius 1 is 1.00 bits per heavy atom. The lowest BCUT2D eigenvalue weighted by Crippen LogP contribution is -2.46. The highest BCUT2D eigenvalue weighted by molar-refractivity contribution is 6.30. The zero-order valence-corrected chi connectivity index (χ0v) is 19.9. The van der Waals surface area contributed by atoms with Crippen LogP contribution in [0.15, 0.2) is 42.5 Å². The lowest BCUT2D eigenvalue weighted by atomic mass is 10.0. The van der Waals surface area contributed by atoms with E-state index < -0.39 is 6.04 Å². The molecule has 1 heterocycles. The van der Waals surface area contributed by atoms with Gasteiger partial charge in [-0.1, -0.05) is 55.5 Å². The molecule has 1 saturated carbocycles. The van der Waals surface area contributed by atoms with Crippen LogP contribution in [-0.2, 0) is 16.1 Å². The minimum absolute atomic E-state index is 0.105. The summed E-state index contributed by atoms with van der Waals surface area (Å²) < 4.78 is 10.9. The molecule has 6 nitrogen and oxygen atoms in total. The Morgan fingerprint density at radius 2 is 1.70 bits per heavy atom. The SMILES string of the molecule is O=C(NC1CCCCCC1)[C@@H](c1ccc(Cl)cc1)N(Cc1ccc2c(c1)OCO2)C(=O)CCl. The van der Waals surface area contributed by atoms with E-state index in [1.165, 1.54) is 17.7 Å². The molecule has 1 aliphatic heterocycles. The number of amides is 2. The molecule has 0 saturated heterocycles. The van der Waals surface area contributed by atoms with Gasteiger partial charge in [0.15, 0.2) is 11.5 Å². The Bertz CT molecular complexity index is 975. The molecule has 0 bridgehead atoms. The van der Waals surface area contributed by atoms with Crippen LogP contribution in [0.4, 0.5) is 0 Å². The maximum Gasteiger partial charge on any atom is 0.247 e. The van der Waals surface area contributed by atoms with Gasteiger partial charge in [-0.05, 0) is 48.2 Å². The standard InChI is InChI=1S/C25H28Cl2N2O4/c26-14-23(30)29(15-17-7-12-21-22(13-17)33-16-32-21)24(18-8-10-19(27)11-9-18)25(31)28-20-5-3-1-2-4-6-20/h7-13,20,24H,1-6,14-16H2,(H,28,31)/t24-/m1/s1. The van der Waals surface area contributed by atoms with Crippen molar-refractivity contribution < 1.29 is 19.1 Å². The second-order valence-electron chi connectivity index (χ2n) is 8.49. The topological polar surface area (TPSA) is 67.9 Å². The predicted molar refractivity (Wildman–Crippen MR) is 128 cm³/mol. The van der Waals surface area contributed by atoms with Crippen molar-refractivity contribution in [1.29, 1.82) is 0 Å². The summed E-state index contributed by atoms with van der Waals surface area (Å²) in [7, 11) is 0. The molecule has 1 N–H and O–H groups in total. The molecule has 0 unspecified atom stereocenters. The van der Waals surface area contributed by atoms with Gasteiger partial charge in [0.25, 0.3) is 0 Å². The zero-order valence-electron chi connectivity index (χ0n) is 18.4. The highest BCUT2D eigenvalue weighted by Crippen LogP contribution is 2.34. The van der Waals surface area contributed by atoms with Gasteiger partial charge in [-0.3, -0.25) is 9.59 Å². The minimum atomic E-state index is -0.831. The molecule has 1 atom stereocenters. The van der Waals surface area contributed by atoms with Gasteiger partial charge in [0.1, 0.15) is 11.9 Å². The molecule has 1 fully saturated rings. The average molecular weight is 491 g/mol. The molecular weight excluding hydrogens is 463 g/mol. The number of carbonyl (C=O) groups excluding carboxylic acids is 2. The van der Waals surface area contributed by atoms with Gasteiger partial charge < -0.3 is 19.7 Å². The first-order valence-electron chi connectivity index (χ1n) is 11.3. The number of carbonyl (C=O) groups is 2. The zero-order chi connectivity index (χ0) is 23.2. The Morgan fingerprint density at radius 3 is 2.39 bits per heavy atom. The quantitative estimate of drug-likeness (QED) is 0.426. The van der Waals surface area contributed by atoms with Gasteiger partial charge in [-0.15, -0.1) is 11.6 Å². The van der Waals surface area contributed by atoms with Crippen LogP contribution in [0, 0.1) is 0 Å². The van der Waals surface area contributed by atoms with Crippen molar-refractivity contribution in [2.75, 3.05) is 12.7 Å². The smallest absolute Gasteiger partial charge is 0.247 e. The number of nitrogens with zero attached hydrogens (tertiary/aromatic N) is 1. The normalized spacial score (nSPS) is 16.7. The number of hydrogen-bond acceptors (Lipinski definition) is 4. The number of rotatable bonds is 7. The Balaban J connectivity index is 1.64. The number of benzene rings is 2. The van der Waals surface area contributed by atoms with Gasteiger partial charge in [0.2, 0.25) is 18.6 Å². The third kappa shape index (κ3) is 5.92. The first-order chi connectivity index (χ1) is 16.0. The maximum atomic E-state index is 13.6. The van der Waals surface area contributed by atoms with Crippen molar-refractivity contribution in [2.45, 2.75) is 57.2 Å². The lowest BCUT2D eigenvalue weighted by molar-refractivity contribution is -0.140. The summed E-state index contributed by atoms with van der Waals surface area (Å²) in [5.74, 6) is 0.519. The molecule has 2 amide bonds. The van der Waals surface area contributed by atoms with E-state index in [1.807, 2.05) is 18.2 Å². The summed E-state index contributed by atoms with van der Waals surface area (Å²) in [5, 5.41) is 3.77. The fourth-order valence-electron chi connectivity index (χ4n) is 4.46. The lowest BCUT2D eigenvalue weighted by Gasteiger charge is -2.32. The first-order valence-corrected chi connectivity index (χ1v) is 12.3. The number of hydrogen-bond donors (Lipinski definition) is 1. The van der Waals surface area contributed by atoms with Gasteiger partial charge in [-0.2, -0.15) is 0 Å². The fraction of sp³-hybridized carbons (Fsp3) is 0.440. The molecule has 0 spiro atoms. The second kappa shape index (κ2) is 11.1. The van der Waals surface area contributed by atoms with Crippen LogP contribution in [0.3, 0.4) is 0 Å². The van der Waals surface area contributed by atoms with E-state index in [1.54, 1.807) is 24.3 Å². The Kier molecular flexibility index (Phi) is 7.99. The van der Waals surface area contributed by atoms with E-state index in [2.05, 4.69) is 5.32 Å². The summed E-state index contributed by atoms with van der Waals surface area (Å²) in [6.45, 7) is 0.369. The van der Waals surface area contributed by atoms with E-state index in [0.717, 1.165) is 31.2 Å². The van der Waals surface area contributed by atoms with Crippen LogP contribution < -0.4 is 14.8 Å². The molecule has 2 aromatic rings. The van der Waals surface area contributed by atoms with Crippen molar-refractivity contribution in [2.24, 2.45) is 0 Å². The van der Waals surface area contributed by atoms with E-state index in [4.69, 9.17) is 32.7 Å². The van der Waals surface area contributed by atoms with Crippen molar-refractivity contribution in [3.05, 3.63) is 58.6 Å². The highest BCUT2D eigenvalue weighted by atomic mass is 35.5. The number of alkyl halides is 1. The summed E-state index contributed by atoms with van der Waals surface area (Å²) >= 11 is 12.1. The van der Waals surface area contributed by atoms with E-state index in [-0.39, 0.29) is 37.1 Å². The van der Waals surface area contributed by atoms with Crippen LogP contribution in [-0.4, -0.2) is 35.4 Å². The van der Waals surface area contributed by atoms with Crippen LogP contribution >= 0.6 is 23.2 Å². The Hall–Kier alpha value is -2.44. The third-order valence-corrected chi connectivity index (χ3v) is 6.65. The number of ether oxygens (including phenoxy) is 2. The predicted octanol–water partition coefficient (Wildman–Crippen LogP) is 5.22. The van der Waals surface area contributed by atoms with Gasteiger partial charge >= 0.3 is 0 Å². The molecular formula is C25H28Cl2N2O4. The first kappa shape index (κ1) is 23.7. The molecule has 0 aromatic heterocycles. The molecule has 33 heavy (non-hydrogen) atoms. The summed E-state index contributed by atoms with van der Waals surface area (Å²) in [5.41, 5.74) is 1.50. The average Bonchev–Trinajstić information content (AvgIpc) is 3.14. The molecule has 1 aliphatic carbocycles. The largest absolute Gasteiger partial charge is 0.454 e. The van der Waals surface area contributed by atoms with Crippen LogP contribution in [0.5, 0.6) is 11.5 Å². The number of halogens is 2. The number of fused-ring (bicyclic) bond motifs is 1. The van der Waals surface area contributed by atoms with Crippen molar-refractivity contribution in [1.82, 2.24) is 10.2 Å². The van der Waals surface area contributed by atoms with Crippen molar-refractivity contribution in [3.63, 3.8) is 0 Å².